The van der Waals surface area contributed by atoms with Crippen molar-refractivity contribution in [3.05, 3.63) is 28.5 Å². The summed E-state index contributed by atoms with van der Waals surface area (Å²) in [5.74, 6) is -0.516. The smallest absolute Gasteiger partial charge is 0.279 e. The van der Waals surface area contributed by atoms with Crippen LogP contribution in [-0.4, -0.2) is 25.5 Å². The Morgan fingerprint density at radius 3 is 2.50 bits per heavy atom. The number of benzene rings is 1. The largest absolute Gasteiger partial charge is 0.327 e. The Kier molecular flexibility index (Phi) is 5.98. The second-order valence-electron chi connectivity index (χ2n) is 5.37. The summed E-state index contributed by atoms with van der Waals surface area (Å²) < 4.78 is 14.3. The van der Waals surface area contributed by atoms with Gasteiger partial charge in [-0.15, -0.1) is 0 Å². The Hall–Kier alpha value is -0.940. The Labute approximate surface area is 127 Å². The highest BCUT2D eigenvalue weighted by Gasteiger charge is 2.16. The van der Waals surface area contributed by atoms with Gasteiger partial charge in [-0.05, 0) is 43.9 Å². The van der Waals surface area contributed by atoms with E-state index in [0.717, 1.165) is 13.1 Å². The highest BCUT2D eigenvalue weighted by atomic mass is 79.9. The molecule has 1 amide bonds. The van der Waals surface area contributed by atoms with E-state index in [-0.39, 0.29) is 11.6 Å². The van der Waals surface area contributed by atoms with Crippen LogP contribution in [0.4, 0.5) is 10.1 Å². The standard InChI is InChI=1S/C15H20BrFN2O/c16-12-6-7-14(13(17)10-12)18-15(20)11-19-8-4-2-1-3-5-9-19/h6-7,10H,1-5,8-9,11H2,(H,18,20)/p+1. The summed E-state index contributed by atoms with van der Waals surface area (Å²) in [4.78, 5) is 13.3. The Morgan fingerprint density at radius 1 is 1.20 bits per heavy atom. The number of carbonyl (C=O) groups is 1. The molecule has 0 saturated carbocycles. The number of anilines is 1. The summed E-state index contributed by atoms with van der Waals surface area (Å²) in [5.41, 5.74) is 0.254. The first-order chi connectivity index (χ1) is 9.65. The summed E-state index contributed by atoms with van der Waals surface area (Å²) in [7, 11) is 0. The maximum atomic E-state index is 13.7. The number of nitrogens with one attached hydrogen (secondary N) is 2. The van der Waals surface area contributed by atoms with Gasteiger partial charge in [-0.1, -0.05) is 22.4 Å². The van der Waals surface area contributed by atoms with Crippen molar-refractivity contribution in [2.45, 2.75) is 32.1 Å². The molecule has 1 aromatic rings. The molecule has 2 N–H and O–H groups in total. The lowest BCUT2D eigenvalue weighted by Gasteiger charge is -2.21. The van der Waals surface area contributed by atoms with Gasteiger partial charge in [0.1, 0.15) is 5.82 Å². The van der Waals surface area contributed by atoms with Crippen molar-refractivity contribution < 1.29 is 14.1 Å². The van der Waals surface area contributed by atoms with Crippen molar-refractivity contribution in [2.75, 3.05) is 25.0 Å². The molecule has 1 saturated heterocycles. The highest BCUT2D eigenvalue weighted by Crippen LogP contribution is 2.18. The number of amides is 1. The fourth-order valence-corrected chi connectivity index (χ4v) is 2.93. The molecule has 1 heterocycles. The number of hydrogen-bond acceptors (Lipinski definition) is 1. The first-order valence-corrected chi connectivity index (χ1v) is 8.03. The topological polar surface area (TPSA) is 33.5 Å². The minimum Gasteiger partial charge on any atom is -0.327 e. The summed E-state index contributed by atoms with van der Waals surface area (Å²) in [6, 6.07) is 4.67. The SMILES string of the molecule is O=C(C[NH+]1CCCCCCC1)Nc1ccc(Br)cc1F. The molecule has 0 unspecified atom stereocenters. The molecular formula is C15H21BrFN2O+. The number of rotatable bonds is 3. The number of hydrogen-bond donors (Lipinski definition) is 2. The van der Waals surface area contributed by atoms with E-state index in [9.17, 15) is 9.18 Å². The first-order valence-electron chi connectivity index (χ1n) is 7.23. The third kappa shape index (κ3) is 4.87. The predicted molar refractivity (Wildman–Crippen MR) is 81.4 cm³/mol. The van der Waals surface area contributed by atoms with Gasteiger partial charge in [-0.2, -0.15) is 0 Å². The van der Waals surface area contributed by atoms with Crippen LogP contribution in [-0.2, 0) is 4.79 Å². The van der Waals surface area contributed by atoms with Gasteiger partial charge in [0.25, 0.3) is 5.91 Å². The molecule has 0 atom stereocenters. The van der Waals surface area contributed by atoms with Gasteiger partial charge in [0.05, 0.1) is 18.8 Å². The molecule has 0 spiro atoms. The zero-order chi connectivity index (χ0) is 14.4. The molecule has 110 valence electrons. The number of halogens is 2. The number of quaternary nitrogens is 1. The minimum absolute atomic E-state index is 0.109. The van der Waals surface area contributed by atoms with E-state index >= 15 is 0 Å². The summed E-state index contributed by atoms with van der Waals surface area (Å²) in [6.45, 7) is 2.50. The fourth-order valence-electron chi connectivity index (χ4n) is 2.59. The van der Waals surface area contributed by atoms with E-state index in [0.29, 0.717) is 11.0 Å². The van der Waals surface area contributed by atoms with E-state index in [2.05, 4.69) is 21.2 Å². The van der Waals surface area contributed by atoms with Crippen LogP contribution < -0.4 is 10.2 Å². The Bertz CT molecular complexity index is 459. The average molecular weight is 344 g/mol. The molecule has 2 rings (SSSR count). The summed E-state index contributed by atoms with van der Waals surface area (Å²) in [5, 5.41) is 2.67. The van der Waals surface area contributed by atoms with E-state index in [1.165, 1.54) is 43.1 Å². The van der Waals surface area contributed by atoms with Gasteiger partial charge < -0.3 is 10.2 Å². The van der Waals surface area contributed by atoms with E-state index in [1.807, 2.05) is 0 Å². The third-order valence-corrected chi connectivity index (χ3v) is 4.17. The third-order valence-electron chi connectivity index (χ3n) is 3.68. The van der Waals surface area contributed by atoms with Gasteiger partial charge in [0.2, 0.25) is 0 Å². The monoisotopic (exact) mass is 343 g/mol. The molecular weight excluding hydrogens is 323 g/mol. The van der Waals surface area contributed by atoms with E-state index < -0.39 is 5.82 Å². The van der Waals surface area contributed by atoms with Crippen molar-refractivity contribution >= 4 is 27.5 Å². The van der Waals surface area contributed by atoms with Crippen LogP contribution in [0.25, 0.3) is 0 Å². The van der Waals surface area contributed by atoms with E-state index in [4.69, 9.17) is 0 Å². The van der Waals surface area contributed by atoms with Gasteiger partial charge in [-0.25, -0.2) is 4.39 Å². The summed E-state index contributed by atoms with van der Waals surface area (Å²) >= 11 is 3.20. The second-order valence-corrected chi connectivity index (χ2v) is 6.28. The molecule has 0 aromatic heterocycles. The average Bonchev–Trinajstić information content (AvgIpc) is 2.36. The minimum atomic E-state index is -0.407. The molecule has 1 aliphatic heterocycles. The van der Waals surface area contributed by atoms with Gasteiger partial charge in [0.15, 0.2) is 6.54 Å². The van der Waals surface area contributed by atoms with Crippen molar-refractivity contribution in [2.24, 2.45) is 0 Å². The number of likely N-dealkylation sites (tertiary alicyclic amines) is 1. The second kappa shape index (κ2) is 7.74. The Balaban J connectivity index is 1.87. The molecule has 1 fully saturated rings. The molecule has 5 heteroatoms. The molecule has 20 heavy (non-hydrogen) atoms. The zero-order valence-electron chi connectivity index (χ0n) is 11.6. The first kappa shape index (κ1) is 15.4. The quantitative estimate of drug-likeness (QED) is 0.867. The van der Waals surface area contributed by atoms with Crippen LogP contribution in [0.2, 0.25) is 0 Å². The molecule has 0 bridgehead atoms. The number of carbonyl (C=O) groups excluding carboxylic acids is 1. The van der Waals surface area contributed by atoms with Crippen LogP contribution in [0.15, 0.2) is 22.7 Å². The predicted octanol–water partition coefficient (Wildman–Crippen LogP) is 2.38. The molecule has 1 aromatic carbocycles. The van der Waals surface area contributed by atoms with Crippen molar-refractivity contribution in [3.63, 3.8) is 0 Å². The van der Waals surface area contributed by atoms with Crippen molar-refractivity contribution in [1.29, 1.82) is 0 Å². The molecule has 3 nitrogen and oxygen atoms in total. The Morgan fingerprint density at radius 2 is 1.85 bits per heavy atom. The maximum absolute atomic E-state index is 13.7. The van der Waals surface area contributed by atoms with Crippen LogP contribution in [0.5, 0.6) is 0 Å². The fraction of sp³-hybridized carbons (Fsp3) is 0.533. The van der Waals surface area contributed by atoms with Crippen LogP contribution >= 0.6 is 15.9 Å². The highest BCUT2D eigenvalue weighted by molar-refractivity contribution is 9.10. The lowest BCUT2D eigenvalue weighted by atomic mass is 10.1. The summed E-state index contributed by atoms with van der Waals surface area (Å²) in [6.07, 6.45) is 6.17. The normalized spacial score (nSPS) is 17.3. The zero-order valence-corrected chi connectivity index (χ0v) is 13.1. The van der Waals surface area contributed by atoms with Crippen LogP contribution in [0, 0.1) is 5.82 Å². The van der Waals surface area contributed by atoms with Gasteiger partial charge in [0, 0.05) is 4.47 Å². The van der Waals surface area contributed by atoms with E-state index in [1.54, 1.807) is 12.1 Å². The van der Waals surface area contributed by atoms with Crippen molar-refractivity contribution in [3.8, 4) is 0 Å². The molecule has 0 aliphatic carbocycles. The lowest BCUT2D eigenvalue weighted by Crippen LogP contribution is -3.13. The van der Waals surface area contributed by atoms with Gasteiger partial charge in [-0.3, -0.25) is 4.79 Å². The van der Waals surface area contributed by atoms with Crippen LogP contribution in [0.3, 0.4) is 0 Å². The molecule has 1 aliphatic rings. The molecule has 0 radical (unpaired) electrons. The van der Waals surface area contributed by atoms with Gasteiger partial charge >= 0.3 is 0 Å². The maximum Gasteiger partial charge on any atom is 0.279 e. The van der Waals surface area contributed by atoms with Crippen LogP contribution in [0.1, 0.15) is 32.1 Å². The lowest BCUT2D eigenvalue weighted by molar-refractivity contribution is -0.892. The van der Waals surface area contributed by atoms with Crippen molar-refractivity contribution in [1.82, 2.24) is 0 Å².